The van der Waals surface area contributed by atoms with Gasteiger partial charge in [-0.15, -0.1) is 0 Å². The number of hydrogen-bond acceptors (Lipinski definition) is 3. The second-order valence-electron chi connectivity index (χ2n) is 8.16. The van der Waals surface area contributed by atoms with E-state index in [1.165, 1.54) is 5.56 Å². The van der Waals surface area contributed by atoms with Crippen molar-refractivity contribution >= 4 is 11.9 Å². The summed E-state index contributed by atoms with van der Waals surface area (Å²) >= 11 is 0. The van der Waals surface area contributed by atoms with E-state index >= 15 is 0 Å². The van der Waals surface area contributed by atoms with Gasteiger partial charge in [0.05, 0.1) is 0 Å². The number of carbonyl (C=O) groups excluding carboxylic acids is 1. The second-order valence-corrected chi connectivity index (χ2v) is 8.16. The number of carboxylic acids is 1. The number of carboxylic acid groups (broad SMARTS) is 1. The highest BCUT2D eigenvalue weighted by atomic mass is 16.5. The average molecular weight is 393 g/mol. The van der Waals surface area contributed by atoms with E-state index in [1.54, 1.807) is 0 Å². The molecule has 1 saturated carbocycles. The Hall–Kier alpha value is -2.82. The third kappa shape index (κ3) is 4.97. The molecule has 0 spiro atoms. The quantitative estimate of drug-likeness (QED) is 0.770. The first-order valence-electron chi connectivity index (χ1n) is 10.4. The van der Waals surface area contributed by atoms with Crippen LogP contribution >= 0.6 is 0 Å². The third-order valence-corrected chi connectivity index (χ3v) is 6.05. The highest BCUT2D eigenvalue weighted by molar-refractivity contribution is 5.83. The molecule has 2 fully saturated rings. The zero-order valence-corrected chi connectivity index (χ0v) is 16.5. The van der Waals surface area contributed by atoms with E-state index in [4.69, 9.17) is 9.84 Å². The number of hydrogen-bond donors (Lipinski definition) is 1. The van der Waals surface area contributed by atoms with Gasteiger partial charge in [0.25, 0.3) is 0 Å². The lowest BCUT2D eigenvalue weighted by Crippen LogP contribution is -2.39. The van der Waals surface area contributed by atoms with E-state index in [0.717, 1.165) is 30.6 Å². The molecule has 1 aliphatic carbocycles. The molecule has 2 unspecified atom stereocenters. The highest BCUT2D eigenvalue weighted by Crippen LogP contribution is 2.49. The van der Waals surface area contributed by atoms with Crippen LogP contribution in [0.25, 0.3) is 0 Å². The fraction of sp³-hybridized carbons (Fsp3) is 0.417. The van der Waals surface area contributed by atoms with E-state index in [9.17, 15) is 9.59 Å². The number of amides is 1. The third-order valence-electron chi connectivity index (χ3n) is 6.05. The van der Waals surface area contributed by atoms with Crippen LogP contribution in [0.4, 0.5) is 0 Å². The van der Waals surface area contributed by atoms with Gasteiger partial charge >= 0.3 is 5.97 Å². The molecule has 1 N–H and O–H groups in total. The molecule has 152 valence electrons. The predicted octanol–water partition coefficient (Wildman–Crippen LogP) is 4.08. The summed E-state index contributed by atoms with van der Waals surface area (Å²) < 4.78 is 5.84. The number of aliphatic carboxylic acids is 1. The summed E-state index contributed by atoms with van der Waals surface area (Å²) in [6.45, 7) is 1.92. The Morgan fingerprint density at radius 3 is 2.34 bits per heavy atom. The fourth-order valence-electron chi connectivity index (χ4n) is 4.23. The summed E-state index contributed by atoms with van der Waals surface area (Å²) in [6.07, 6.45) is 2.70. The molecule has 1 amide bonds. The Kier molecular flexibility index (Phi) is 5.84. The molecule has 2 atom stereocenters. The maximum absolute atomic E-state index is 12.8. The molecule has 1 aliphatic heterocycles. The number of ether oxygens (including phenoxy) is 1. The molecule has 5 nitrogen and oxygen atoms in total. The Bertz CT molecular complexity index is 841. The summed E-state index contributed by atoms with van der Waals surface area (Å²) in [5.74, 6) is 0.891. The number of piperidine rings is 1. The van der Waals surface area contributed by atoms with Crippen molar-refractivity contribution in [3.05, 3.63) is 65.7 Å². The first-order valence-corrected chi connectivity index (χ1v) is 10.4. The maximum atomic E-state index is 12.8. The van der Waals surface area contributed by atoms with Gasteiger partial charge in [-0.05, 0) is 54.4 Å². The van der Waals surface area contributed by atoms with Gasteiger partial charge in [0.2, 0.25) is 5.91 Å². The molecule has 1 heterocycles. The SMILES string of the molecule is O=C(O)CC1CCN(C(=O)C2CC2c2ccc(OCc3ccccc3)cc2)CC1. The van der Waals surface area contributed by atoms with Gasteiger partial charge in [-0.3, -0.25) is 9.59 Å². The highest BCUT2D eigenvalue weighted by Gasteiger charge is 2.46. The molecule has 0 aromatic heterocycles. The molecule has 5 heteroatoms. The number of nitrogens with zero attached hydrogens (tertiary/aromatic N) is 1. The summed E-state index contributed by atoms with van der Waals surface area (Å²) in [5.41, 5.74) is 2.33. The largest absolute Gasteiger partial charge is 0.489 e. The minimum atomic E-state index is -0.742. The van der Waals surface area contributed by atoms with Crippen LogP contribution in [-0.4, -0.2) is 35.0 Å². The lowest BCUT2D eigenvalue weighted by Gasteiger charge is -2.31. The van der Waals surface area contributed by atoms with Crippen LogP contribution in [0.3, 0.4) is 0 Å². The Labute approximate surface area is 171 Å². The van der Waals surface area contributed by atoms with Crippen molar-refractivity contribution in [3.8, 4) is 5.75 Å². The van der Waals surface area contributed by atoms with Crippen LogP contribution in [0.5, 0.6) is 5.75 Å². The van der Waals surface area contributed by atoms with Crippen molar-refractivity contribution in [2.45, 2.75) is 38.2 Å². The van der Waals surface area contributed by atoms with Gasteiger partial charge in [0.15, 0.2) is 0 Å². The Morgan fingerprint density at radius 2 is 1.69 bits per heavy atom. The molecule has 0 radical (unpaired) electrons. The van der Waals surface area contributed by atoms with Crippen LogP contribution in [-0.2, 0) is 16.2 Å². The minimum Gasteiger partial charge on any atom is -0.489 e. The average Bonchev–Trinajstić information content (AvgIpc) is 3.54. The van der Waals surface area contributed by atoms with Crippen molar-refractivity contribution in [2.75, 3.05) is 13.1 Å². The monoisotopic (exact) mass is 393 g/mol. The zero-order chi connectivity index (χ0) is 20.2. The first-order chi connectivity index (χ1) is 14.1. The number of rotatable bonds is 7. The smallest absolute Gasteiger partial charge is 0.303 e. The number of carbonyl (C=O) groups is 2. The molecule has 1 saturated heterocycles. The van der Waals surface area contributed by atoms with Crippen LogP contribution in [0.1, 0.15) is 42.7 Å². The number of benzene rings is 2. The zero-order valence-electron chi connectivity index (χ0n) is 16.5. The lowest BCUT2D eigenvalue weighted by molar-refractivity contribution is -0.138. The van der Waals surface area contributed by atoms with Crippen molar-refractivity contribution in [1.82, 2.24) is 4.90 Å². The molecule has 2 aromatic carbocycles. The van der Waals surface area contributed by atoms with Crippen LogP contribution < -0.4 is 4.74 Å². The first kappa shape index (κ1) is 19.5. The van der Waals surface area contributed by atoms with Gasteiger partial charge in [0, 0.05) is 25.4 Å². The van der Waals surface area contributed by atoms with Crippen LogP contribution in [0, 0.1) is 11.8 Å². The Morgan fingerprint density at radius 1 is 1.00 bits per heavy atom. The Balaban J connectivity index is 1.25. The van der Waals surface area contributed by atoms with E-state index < -0.39 is 5.97 Å². The van der Waals surface area contributed by atoms with E-state index in [0.29, 0.717) is 25.6 Å². The number of likely N-dealkylation sites (tertiary alicyclic amines) is 1. The van der Waals surface area contributed by atoms with Crippen molar-refractivity contribution in [2.24, 2.45) is 11.8 Å². The summed E-state index contributed by atoms with van der Waals surface area (Å²) in [4.78, 5) is 25.6. The van der Waals surface area contributed by atoms with E-state index in [2.05, 4.69) is 12.1 Å². The van der Waals surface area contributed by atoms with Gasteiger partial charge in [-0.25, -0.2) is 0 Å². The van der Waals surface area contributed by atoms with Crippen molar-refractivity contribution in [3.63, 3.8) is 0 Å². The summed E-state index contributed by atoms with van der Waals surface area (Å²) in [7, 11) is 0. The topological polar surface area (TPSA) is 66.8 Å². The molecule has 2 aromatic rings. The normalized spacial score (nSPS) is 21.6. The second kappa shape index (κ2) is 8.68. The lowest BCUT2D eigenvalue weighted by atomic mass is 9.93. The van der Waals surface area contributed by atoms with Gasteiger partial charge in [0.1, 0.15) is 12.4 Å². The van der Waals surface area contributed by atoms with E-state index in [1.807, 2.05) is 47.4 Å². The molecule has 0 bridgehead atoms. The van der Waals surface area contributed by atoms with Crippen molar-refractivity contribution in [1.29, 1.82) is 0 Å². The molecular formula is C24H27NO4. The maximum Gasteiger partial charge on any atom is 0.303 e. The molecule has 4 rings (SSSR count). The summed E-state index contributed by atoms with van der Waals surface area (Å²) in [5, 5.41) is 8.92. The standard InChI is InChI=1S/C24H27NO4/c26-23(27)14-17-10-12-25(13-11-17)24(28)22-15-21(22)19-6-8-20(9-7-19)29-16-18-4-2-1-3-5-18/h1-9,17,21-22H,10-16H2,(H,26,27). The van der Waals surface area contributed by atoms with Gasteiger partial charge < -0.3 is 14.7 Å². The molecule has 2 aliphatic rings. The predicted molar refractivity (Wildman–Crippen MR) is 110 cm³/mol. The summed E-state index contributed by atoms with van der Waals surface area (Å²) in [6, 6.07) is 18.2. The van der Waals surface area contributed by atoms with Gasteiger partial charge in [-0.1, -0.05) is 42.5 Å². The van der Waals surface area contributed by atoms with Gasteiger partial charge in [-0.2, -0.15) is 0 Å². The fourth-order valence-corrected chi connectivity index (χ4v) is 4.23. The van der Waals surface area contributed by atoms with Crippen LogP contribution in [0.2, 0.25) is 0 Å². The molecular weight excluding hydrogens is 366 g/mol. The van der Waals surface area contributed by atoms with E-state index in [-0.39, 0.29) is 24.2 Å². The minimum absolute atomic E-state index is 0.0714. The van der Waals surface area contributed by atoms with Crippen molar-refractivity contribution < 1.29 is 19.4 Å². The molecule has 29 heavy (non-hydrogen) atoms. The van der Waals surface area contributed by atoms with Crippen LogP contribution in [0.15, 0.2) is 54.6 Å².